The number of benzene rings is 2. The van der Waals surface area contributed by atoms with Crippen LogP contribution >= 0.6 is 0 Å². The summed E-state index contributed by atoms with van der Waals surface area (Å²) in [6.45, 7) is 4.05. The third-order valence-corrected chi connectivity index (χ3v) is 5.71. The Morgan fingerprint density at radius 1 is 1.22 bits per heavy atom. The molecule has 0 saturated heterocycles. The van der Waals surface area contributed by atoms with Gasteiger partial charge in [0.2, 0.25) is 15.9 Å². The fourth-order valence-corrected chi connectivity index (χ4v) is 4.28. The molecule has 27 heavy (non-hydrogen) atoms. The molecule has 1 aliphatic heterocycles. The van der Waals surface area contributed by atoms with Crippen LogP contribution in [0.15, 0.2) is 48.5 Å². The van der Waals surface area contributed by atoms with Gasteiger partial charge in [-0.25, -0.2) is 8.42 Å². The molecule has 7 heteroatoms. The lowest BCUT2D eigenvalue weighted by Gasteiger charge is -2.28. The summed E-state index contributed by atoms with van der Waals surface area (Å²) in [6.07, 6.45) is 1.87. The van der Waals surface area contributed by atoms with Crippen LogP contribution in [-0.2, 0) is 21.2 Å². The number of hydrogen-bond donors (Lipinski definition) is 0. The molecule has 0 fully saturated rings. The second-order valence-corrected chi connectivity index (χ2v) is 8.55. The van der Waals surface area contributed by atoms with E-state index in [4.69, 9.17) is 4.74 Å². The largest absolute Gasteiger partial charge is 0.494 e. The first-order chi connectivity index (χ1) is 12.8. The van der Waals surface area contributed by atoms with E-state index in [2.05, 4.69) is 0 Å². The fraction of sp³-hybridized carbons (Fsp3) is 0.350. The zero-order chi connectivity index (χ0) is 19.6. The van der Waals surface area contributed by atoms with E-state index < -0.39 is 10.0 Å². The van der Waals surface area contributed by atoms with Gasteiger partial charge in [-0.15, -0.1) is 0 Å². The van der Waals surface area contributed by atoms with E-state index >= 15 is 0 Å². The van der Waals surface area contributed by atoms with Crippen molar-refractivity contribution in [3.05, 3.63) is 54.1 Å². The predicted octanol–water partition coefficient (Wildman–Crippen LogP) is 2.83. The molecule has 0 bridgehead atoms. The van der Waals surface area contributed by atoms with Crippen molar-refractivity contribution in [3.8, 4) is 5.75 Å². The molecule has 0 N–H and O–H groups in total. The molecule has 1 unspecified atom stereocenters. The zero-order valence-corrected chi connectivity index (χ0v) is 16.6. The number of nitrogens with zero attached hydrogens (tertiary/aromatic N) is 2. The van der Waals surface area contributed by atoms with Crippen molar-refractivity contribution in [3.63, 3.8) is 0 Å². The van der Waals surface area contributed by atoms with Gasteiger partial charge in [0, 0.05) is 17.8 Å². The predicted molar refractivity (Wildman–Crippen MR) is 107 cm³/mol. The summed E-state index contributed by atoms with van der Waals surface area (Å²) in [7, 11) is -3.64. The standard InChI is InChI=1S/C20H24N2O4S/c1-4-26-18-10-7-9-17(13-18)21(27(3,24)25)14-20(23)22-15(2)12-16-8-5-6-11-19(16)22/h5-11,13,15H,4,12,14H2,1-3H3. The highest BCUT2D eigenvalue weighted by Gasteiger charge is 2.33. The van der Waals surface area contributed by atoms with Gasteiger partial charge in [0.1, 0.15) is 12.3 Å². The molecular weight excluding hydrogens is 364 g/mol. The third-order valence-electron chi connectivity index (χ3n) is 4.57. The van der Waals surface area contributed by atoms with E-state index in [0.717, 1.165) is 28.2 Å². The Labute approximate surface area is 160 Å². The first-order valence-corrected chi connectivity index (χ1v) is 10.8. The number of anilines is 2. The van der Waals surface area contributed by atoms with E-state index in [1.807, 2.05) is 38.1 Å². The SMILES string of the molecule is CCOc1cccc(N(CC(=O)N2c3ccccc3CC2C)S(C)(=O)=O)c1. The van der Waals surface area contributed by atoms with Crippen LogP contribution in [0.2, 0.25) is 0 Å². The lowest BCUT2D eigenvalue weighted by Crippen LogP contribution is -2.45. The van der Waals surface area contributed by atoms with Crippen LogP contribution < -0.4 is 13.9 Å². The minimum Gasteiger partial charge on any atom is -0.494 e. The summed E-state index contributed by atoms with van der Waals surface area (Å²) >= 11 is 0. The number of carbonyl (C=O) groups is 1. The highest BCUT2D eigenvalue weighted by Crippen LogP contribution is 2.32. The fourth-order valence-electron chi connectivity index (χ4n) is 3.44. The number of sulfonamides is 1. The topological polar surface area (TPSA) is 66.9 Å². The summed E-state index contributed by atoms with van der Waals surface area (Å²) in [5, 5.41) is 0. The molecule has 1 amide bonds. The highest BCUT2D eigenvalue weighted by atomic mass is 32.2. The average molecular weight is 388 g/mol. The number of fused-ring (bicyclic) bond motifs is 1. The van der Waals surface area contributed by atoms with Gasteiger partial charge >= 0.3 is 0 Å². The van der Waals surface area contributed by atoms with E-state index in [0.29, 0.717) is 18.0 Å². The summed E-state index contributed by atoms with van der Waals surface area (Å²) in [6, 6.07) is 14.5. The molecule has 0 radical (unpaired) electrons. The smallest absolute Gasteiger partial charge is 0.248 e. The van der Waals surface area contributed by atoms with E-state index in [9.17, 15) is 13.2 Å². The van der Waals surface area contributed by atoms with Gasteiger partial charge in [0.25, 0.3) is 0 Å². The number of rotatable bonds is 6. The Morgan fingerprint density at radius 2 is 1.96 bits per heavy atom. The Balaban J connectivity index is 1.90. The maximum absolute atomic E-state index is 13.0. The van der Waals surface area contributed by atoms with Crippen molar-refractivity contribution >= 4 is 27.3 Å². The monoisotopic (exact) mass is 388 g/mol. The molecule has 3 rings (SSSR count). The Bertz CT molecular complexity index is 943. The normalized spacial score (nSPS) is 16.1. The van der Waals surface area contributed by atoms with E-state index in [1.165, 1.54) is 0 Å². The molecule has 144 valence electrons. The van der Waals surface area contributed by atoms with Crippen LogP contribution in [0.3, 0.4) is 0 Å². The molecule has 0 saturated carbocycles. The molecular formula is C20H24N2O4S. The zero-order valence-electron chi connectivity index (χ0n) is 15.8. The number of hydrogen-bond acceptors (Lipinski definition) is 4. The second kappa shape index (κ2) is 7.60. The van der Waals surface area contributed by atoms with Crippen LogP contribution in [0.5, 0.6) is 5.75 Å². The van der Waals surface area contributed by atoms with Gasteiger partial charge in [-0.05, 0) is 44.0 Å². The second-order valence-electron chi connectivity index (χ2n) is 6.65. The molecule has 1 atom stereocenters. The van der Waals surface area contributed by atoms with Gasteiger partial charge in [0.05, 0.1) is 18.6 Å². The number of carbonyl (C=O) groups excluding carboxylic acids is 1. The molecule has 1 heterocycles. The summed E-state index contributed by atoms with van der Waals surface area (Å²) < 4.78 is 31.4. The molecule has 6 nitrogen and oxygen atoms in total. The van der Waals surface area contributed by atoms with Crippen molar-refractivity contribution in [1.82, 2.24) is 0 Å². The minimum absolute atomic E-state index is 0.00827. The first-order valence-electron chi connectivity index (χ1n) is 8.91. The van der Waals surface area contributed by atoms with E-state index in [1.54, 1.807) is 29.2 Å². The number of amides is 1. The van der Waals surface area contributed by atoms with Gasteiger partial charge in [-0.1, -0.05) is 24.3 Å². The van der Waals surface area contributed by atoms with Crippen LogP contribution in [0.4, 0.5) is 11.4 Å². The Morgan fingerprint density at radius 3 is 2.67 bits per heavy atom. The Kier molecular flexibility index (Phi) is 5.41. The summed E-state index contributed by atoms with van der Waals surface area (Å²) in [5.41, 5.74) is 2.37. The summed E-state index contributed by atoms with van der Waals surface area (Å²) in [4.78, 5) is 14.7. The molecule has 2 aromatic rings. The lowest BCUT2D eigenvalue weighted by molar-refractivity contribution is -0.117. The number of para-hydroxylation sites is 1. The van der Waals surface area contributed by atoms with Crippen LogP contribution in [0.1, 0.15) is 19.4 Å². The molecule has 1 aliphatic rings. The van der Waals surface area contributed by atoms with Crippen LogP contribution in [-0.4, -0.2) is 39.8 Å². The molecule has 0 aromatic heterocycles. The van der Waals surface area contributed by atoms with Crippen molar-refractivity contribution in [2.75, 3.05) is 28.6 Å². The minimum atomic E-state index is -3.64. The van der Waals surface area contributed by atoms with Crippen molar-refractivity contribution < 1.29 is 17.9 Å². The molecule has 0 spiro atoms. The lowest BCUT2D eigenvalue weighted by atomic mass is 10.1. The third kappa shape index (κ3) is 4.08. The summed E-state index contributed by atoms with van der Waals surface area (Å²) in [5.74, 6) is 0.315. The molecule has 2 aromatic carbocycles. The first kappa shape index (κ1) is 19.2. The van der Waals surface area contributed by atoms with Gasteiger partial charge in [-0.2, -0.15) is 0 Å². The van der Waals surface area contributed by atoms with Gasteiger partial charge in [0.15, 0.2) is 0 Å². The maximum atomic E-state index is 13.0. The van der Waals surface area contributed by atoms with Gasteiger partial charge < -0.3 is 9.64 Å². The molecule has 0 aliphatic carbocycles. The quantitative estimate of drug-likeness (QED) is 0.763. The van der Waals surface area contributed by atoms with Crippen LogP contribution in [0, 0.1) is 0 Å². The van der Waals surface area contributed by atoms with Crippen molar-refractivity contribution in [2.45, 2.75) is 26.3 Å². The van der Waals surface area contributed by atoms with Gasteiger partial charge in [-0.3, -0.25) is 9.10 Å². The van der Waals surface area contributed by atoms with Crippen molar-refractivity contribution in [1.29, 1.82) is 0 Å². The van der Waals surface area contributed by atoms with Crippen molar-refractivity contribution in [2.24, 2.45) is 0 Å². The maximum Gasteiger partial charge on any atom is 0.248 e. The Hall–Kier alpha value is -2.54. The van der Waals surface area contributed by atoms with E-state index in [-0.39, 0.29) is 18.5 Å². The average Bonchev–Trinajstić information content (AvgIpc) is 2.95. The highest BCUT2D eigenvalue weighted by molar-refractivity contribution is 7.92. The number of ether oxygens (including phenoxy) is 1. The van der Waals surface area contributed by atoms with Crippen LogP contribution in [0.25, 0.3) is 0 Å².